The van der Waals surface area contributed by atoms with Crippen molar-refractivity contribution < 1.29 is 23.1 Å². The molecule has 2 amide bonds. The Kier molecular flexibility index (Phi) is 8.63. The third-order valence-electron chi connectivity index (χ3n) is 6.38. The van der Waals surface area contributed by atoms with Crippen LogP contribution in [0.1, 0.15) is 20.7 Å². The van der Waals surface area contributed by atoms with Crippen LogP contribution in [0.15, 0.2) is 108 Å². The fourth-order valence-electron chi connectivity index (χ4n) is 4.23. The van der Waals surface area contributed by atoms with Crippen molar-refractivity contribution >= 4 is 17.5 Å². The lowest BCUT2D eigenvalue weighted by atomic mass is 10.0. The minimum absolute atomic E-state index is 0.102. The van der Waals surface area contributed by atoms with Crippen molar-refractivity contribution in [3.8, 4) is 28.3 Å². The fraction of sp³-hybridized carbons (Fsp3) is 0.0625. The van der Waals surface area contributed by atoms with Crippen LogP contribution in [0.4, 0.5) is 14.5 Å². The van der Waals surface area contributed by atoms with Crippen molar-refractivity contribution in [3.05, 3.63) is 137 Å². The number of amides is 2. The van der Waals surface area contributed by atoms with Crippen molar-refractivity contribution in [3.63, 3.8) is 0 Å². The molecule has 5 rings (SSSR count). The van der Waals surface area contributed by atoms with Gasteiger partial charge in [-0.05, 0) is 72.3 Å². The summed E-state index contributed by atoms with van der Waals surface area (Å²) in [5.74, 6) is -2.01. The van der Waals surface area contributed by atoms with E-state index in [-0.39, 0.29) is 22.9 Å². The number of carbonyl (C=O) groups excluding carboxylic acids is 2. The van der Waals surface area contributed by atoms with E-state index in [1.54, 1.807) is 36.5 Å². The van der Waals surface area contributed by atoms with Gasteiger partial charge in [-0.25, -0.2) is 8.78 Å². The summed E-state index contributed by atoms with van der Waals surface area (Å²) in [5, 5.41) is 5.23. The molecule has 11 heteroatoms. The van der Waals surface area contributed by atoms with Crippen molar-refractivity contribution in [2.75, 3.05) is 18.4 Å². The molecule has 3 aromatic carbocycles. The smallest absolute Gasteiger partial charge is 0.267 e. The molecule has 4 N–H and O–H groups in total. The van der Waals surface area contributed by atoms with Crippen LogP contribution in [0.25, 0.3) is 16.8 Å². The molecule has 0 unspecified atom stereocenters. The number of carbonyl (C=O) groups is 2. The van der Waals surface area contributed by atoms with Gasteiger partial charge in [0.05, 0.1) is 0 Å². The largest absolute Gasteiger partial charge is 0.454 e. The highest BCUT2D eigenvalue weighted by atomic mass is 19.1. The molecule has 5 aromatic rings. The van der Waals surface area contributed by atoms with Crippen LogP contribution < -0.4 is 26.7 Å². The lowest BCUT2D eigenvalue weighted by Gasteiger charge is -2.13. The number of rotatable bonds is 9. The Hall–Kier alpha value is -5.68. The number of pyridine rings is 2. The Morgan fingerprint density at radius 2 is 1.67 bits per heavy atom. The van der Waals surface area contributed by atoms with Gasteiger partial charge < -0.3 is 21.1 Å². The van der Waals surface area contributed by atoms with Crippen LogP contribution in [0.3, 0.4) is 0 Å². The van der Waals surface area contributed by atoms with E-state index in [4.69, 9.17) is 10.5 Å². The molecule has 0 radical (unpaired) electrons. The molecule has 216 valence electrons. The molecular formula is C32H25F2N5O4. The van der Waals surface area contributed by atoms with Gasteiger partial charge in [-0.15, -0.1) is 0 Å². The summed E-state index contributed by atoms with van der Waals surface area (Å²) in [4.78, 5) is 42.2. The Morgan fingerprint density at radius 1 is 0.907 bits per heavy atom. The zero-order valence-corrected chi connectivity index (χ0v) is 22.6. The second-order valence-corrected chi connectivity index (χ2v) is 9.27. The van der Waals surface area contributed by atoms with E-state index >= 15 is 4.39 Å². The first-order valence-electron chi connectivity index (χ1n) is 13.1. The van der Waals surface area contributed by atoms with Gasteiger partial charge >= 0.3 is 0 Å². The van der Waals surface area contributed by atoms with E-state index in [9.17, 15) is 18.8 Å². The monoisotopic (exact) mass is 581 g/mol. The molecule has 9 nitrogen and oxygen atoms in total. The summed E-state index contributed by atoms with van der Waals surface area (Å²) in [6.07, 6.45) is 4.52. The second kappa shape index (κ2) is 12.9. The molecule has 0 atom stereocenters. The average Bonchev–Trinajstić information content (AvgIpc) is 3.02. The quantitative estimate of drug-likeness (QED) is 0.227. The first kappa shape index (κ1) is 28.8. The van der Waals surface area contributed by atoms with Crippen LogP contribution in [-0.4, -0.2) is 34.5 Å². The number of nitrogens with one attached hydrogen (secondary N) is 2. The van der Waals surface area contributed by atoms with Crippen molar-refractivity contribution in [2.24, 2.45) is 5.73 Å². The van der Waals surface area contributed by atoms with E-state index in [2.05, 4.69) is 15.6 Å². The van der Waals surface area contributed by atoms with Crippen LogP contribution in [-0.2, 0) is 0 Å². The molecular weight excluding hydrogens is 556 g/mol. The summed E-state index contributed by atoms with van der Waals surface area (Å²) in [7, 11) is 0. The third-order valence-corrected chi connectivity index (χ3v) is 6.38. The van der Waals surface area contributed by atoms with Crippen LogP contribution in [0.2, 0.25) is 0 Å². The van der Waals surface area contributed by atoms with E-state index < -0.39 is 23.1 Å². The number of halogens is 2. The lowest BCUT2D eigenvalue weighted by Crippen LogP contribution is -2.28. The Bertz CT molecular complexity index is 1840. The van der Waals surface area contributed by atoms with Gasteiger partial charge in [0.25, 0.3) is 17.4 Å². The van der Waals surface area contributed by atoms with Crippen LogP contribution in [0, 0.1) is 11.6 Å². The number of aromatic nitrogens is 2. The minimum atomic E-state index is -0.760. The normalized spacial score (nSPS) is 10.7. The number of nitrogens with two attached hydrogens (primary N) is 1. The minimum Gasteiger partial charge on any atom is -0.454 e. The second-order valence-electron chi connectivity index (χ2n) is 9.27. The molecule has 2 heterocycles. The van der Waals surface area contributed by atoms with E-state index in [1.807, 2.05) is 0 Å². The number of ether oxygens (including phenoxy) is 1. The molecule has 0 saturated heterocycles. The molecule has 0 aliphatic carbocycles. The fourth-order valence-corrected chi connectivity index (χ4v) is 4.23. The SMILES string of the molecule is NCCNC(=O)c1ccc(-c2cnccc2Oc2ccc(NC(=O)c3cccn(-c4ccc(F)cc4)c3=O)cc2F)cc1. The Morgan fingerprint density at radius 3 is 2.40 bits per heavy atom. The predicted octanol–water partition coefficient (Wildman–Crippen LogP) is 4.91. The maximum atomic E-state index is 15.1. The number of hydrogen-bond acceptors (Lipinski definition) is 6. The lowest BCUT2D eigenvalue weighted by molar-refractivity contribution is 0.0954. The van der Waals surface area contributed by atoms with Crippen LogP contribution in [0.5, 0.6) is 11.5 Å². The van der Waals surface area contributed by atoms with Gasteiger partial charge in [0.15, 0.2) is 11.6 Å². The van der Waals surface area contributed by atoms with Gasteiger partial charge in [-0.2, -0.15) is 0 Å². The van der Waals surface area contributed by atoms with Crippen molar-refractivity contribution in [1.29, 1.82) is 0 Å². The first-order valence-corrected chi connectivity index (χ1v) is 13.1. The summed E-state index contributed by atoms with van der Waals surface area (Å²) < 4.78 is 35.5. The Balaban J connectivity index is 1.32. The molecule has 43 heavy (non-hydrogen) atoms. The van der Waals surface area contributed by atoms with E-state index in [1.165, 1.54) is 65.5 Å². The predicted molar refractivity (Wildman–Crippen MR) is 157 cm³/mol. The number of nitrogens with zero attached hydrogens (tertiary/aromatic N) is 2. The standard InChI is InChI=1S/C32H25F2N5O4/c33-22-7-10-24(11-8-22)39-17-1-2-25(32(39)42)31(41)38-23-9-12-29(27(34)18-23)43-28-13-15-36-19-26(28)20-3-5-21(6-4-20)30(40)37-16-14-35/h1-13,15,17-19H,14,16,35H2,(H,37,40)(H,38,41). The van der Waals surface area contributed by atoms with Crippen molar-refractivity contribution in [1.82, 2.24) is 14.9 Å². The molecule has 0 bridgehead atoms. The van der Waals surface area contributed by atoms with Gasteiger partial charge in [0.2, 0.25) is 0 Å². The van der Waals surface area contributed by atoms with Crippen molar-refractivity contribution in [2.45, 2.75) is 0 Å². The summed E-state index contributed by atoms with van der Waals surface area (Å²) in [6.45, 7) is 0.690. The van der Waals surface area contributed by atoms with E-state index in [0.717, 1.165) is 6.07 Å². The van der Waals surface area contributed by atoms with Gasteiger partial charge in [0.1, 0.15) is 17.1 Å². The topological polar surface area (TPSA) is 128 Å². The van der Waals surface area contributed by atoms with Crippen LogP contribution >= 0.6 is 0 Å². The zero-order chi connectivity index (χ0) is 30.3. The zero-order valence-electron chi connectivity index (χ0n) is 22.6. The molecule has 0 aliphatic rings. The average molecular weight is 582 g/mol. The molecule has 0 saturated carbocycles. The molecule has 0 aliphatic heterocycles. The number of benzene rings is 3. The number of hydrogen-bond donors (Lipinski definition) is 3. The van der Waals surface area contributed by atoms with E-state index in [0.29, 0.717) is 41.2 Å². The highest BCUT2D eigenvalue weighted by molar-refractivity contribution is 6.04. The number of anilines is 1. The molecule has 2 aromatic heterocycles. The van der Waals surface area contributed by atoms with Gasteiger partial charge in [-0.3, -0.25) is 23.9 Å². The summed E-state index contributed by atoms with van der Waals surface area (Å²) in [5.41, 5.74) is 6.82. The maximum Gasteiger partial charge on any atom is 0.267 e. The van der Waals surface area contributed by atoms with Gasteiger partial charge in [0, 0.05) is 60.2 Å². The van der Waals surface area contributed by atoms with Gasteiger partial charge in [-0.1, -0.05) is 12.1 Å². The highest BCUT2D eigenvalue weighted by Crippen LogP contribution is 2.34. The maximum absolute atomic E-state index is 15.1. The summed E-state index contributed by atoms with van der Waals surface area (Å²) in [6, 6.07) is 20.3. The Labute approximate surface area is 244 Å². The first-order chi connectivity index (χ1) is 20.8. The molecule has 0 fully saturated rings. The highest BCUT2D eigenvalue weighted by Gasteiger charge is 2.16. The summed E-state index contributed by atoms with van der Waals surface area (Å²) >= 11 is 0. The molecule has 0 spiro atoms. The third kappa shape index (κ3) is 6.63.